The van der Waals surface area contributed by atoms with Gasteiger partial charge in [0.25, 0.3) is 0 Å². The summed E-state index contributed by atoms with van der Waals surface area (Å²) in [6.45, 7) is 6.38. The Morgan fingerprint density at radius 2 is 2.00 bits per heavy atom. The van der Waals surface area contributed by atoms with Crippen molar-refractivity contribution in [3.8, 4) is 6.07 Å². The third-order valence-electron chi connectivity index (χ3n) is 2.28. The number of carbonyl (C=O) groups is 2. The standard InChI is InChI=1S/C10H15NO3/c1-5-14-9(13)8(6-11)10(3,4)7(2)12/h8H,5H2,1-4H3. The van der Waals surface area contributed by atoms with Crippen LogP contribution in [0, 0.1) is 22.7 Å². The molecule has 78 valence electrons. The maximum absolute atomic E-state index is 11.3. The first-order valence-electron chi connectivity index (χ1n) is 4.45. The molecule has 0 heterocycles. The van der Waals surface area contributed by atoms with Crippen LogP contribution in [0.4, 0.5) is 0 Å². The van der Waals surface area contributed by atoms with Crippen molar-refractivity contribution in [2.24, 2.45) is 11.3 Å². The monoisotopic (exact) mass is 197 g/mol. The largest absolute Gasteiger partial charge is 0.465 e. The Kier molecular flexibility index (Phi) is 4.29. The van der Waals surface area contributed by atoms with E-state index in [2.05, 4.69) is 0 Å². The van der Waals surface area contributed by atoms with E-state index in [-0.39, 0.29) is 12.4 Å². The summed E-state index contributed by atoms with van der Waals surface area (Å²) < 4.78 is 4.72. The van der Waals surface area contributed by atoms with E-state index >= 15 is 0 Å². The quantitative estimate of drug-likeness (QED) is 0.637. The van der Waals surface area contributed by atoms with Crippen LogP contribution in [0.5, 0.6) is 0 Å². The molecule has 0 aliphatic rings. The number of Topliss-reactive ketones (excluding diaryl/α,β-unsaturated/α-hetero) is 1. The normalized spacial score (nSPS) is 12.8. The van der Waals surface area contributed by atoms with Gasteiger partial charge in [0.15, 0.2) is 5.92 Å². The molecule has 0 aromatic heterocycles. The first-order valence-corrected chi connectivity index (χ1v) is 4.45. The second-order valence-electron chi connectivity index (χ2n) is 3.59. The molecule has 0 rings (SSSR count). The van der Waals surface area contributed by atoms with Crippen LogP contribution in [0.25, 0.3) is 0 Å². The van der Waals surface area contributed by atoms with Crippen molar-refractivity contribution in [3.63, 3.8) is 0 Å². The highest BCUT2D eigenvalue weighted by Gasteiger charge is 2.40. The minimum atomic E-state index is -1.03. The van der Waals surface area contributed by atoms with E-state index in [1.807, 2.05) is 6.07 Å². The fourth-order valence-corrected chi connectivity index (χ4v) is 0.938. The molecule has 0 aromatic rings. The topological polar surface area (TPSA) is 67.2 Å². The fraction of sp³-hybridized carbons (Fsp3) is 0.700. The van der Waals surface area contributed by atoms with Crippen LogP contribution < -0.4 is 0 Å². The second kappa shape index (κ2) is 4.75. The molecule has 0 amide bonds. The van der Waals surface area contributed by atoms with Gasteiger partial charge < -0.3 is 4.74 Å². The van der Waals surface area contributed by atoms with Crippen molar-refractivity contribution < 1.29 is 14.3 Å². The van der Waals surface area contributed by atoms with Crippen LogP contribution in [0.15, 0.2) is 0 Å². The molecule has 0 aliphatic carbocycles. The van der Waals surface area contributed by atoms with Gasteiger partial charge in [0, 0.05) is 5.41 Å². The zero-order valence-electron chi connectivity index (χ0n) is 8.96. The van der Waals surface area contributed by atoms with E-state index in [0.29, 0.717) is 0 Å². The predicted octanol–water partition coefficient (Wildman–Crippen LogP) is 1.30. The lowest BCUT2D eigenvalue weighted by atomic mass is 9.76. The number of rotatable bonds is 4. The molecule has 0 bridgehead atoms. The van der Waals surface area contributed by atoms with Gasteiger partial charge in [-0.25, -0.2) is 0 Å². The molecule has 0 saturated heterocycles. The number of hydrogen-bond acceptors (Lipinski definition) is 4. The van der Waals surface area contributed by atoms with E-state index in [4.69, 9.17) is 10.00 Å². The van der Waals surface area contributed by atoms with Crippen molar-refractivity contribution in [3.05, 3.63) is 0 Å². The predicted molar refractivity (Wildman–Crippen MR) is 50.2 cm³/mol. The van der Waals surface area contributed by atoms with Crippen molar-refractivity contribution in [2.75, 3.05) is 6.61 Å². The summed E-state index contributed by atoms with van der Waals surface area (Å²) in [6, 6.07) is 1.81. The van der Waals surface area contributed by atoms with E-state index in [9.17, 15) is 9.59 Å². The summed E-state index contributed by atoms with van der Waals surface area (Å²) in [6.07, 6.45) is 0. The van der Waals surface area contributed by atoms with Crippen molar-refractivity contribution in [2.45, 2.75) is 27.7 Å². The SMILES string of the molecule is CCOC(=O)C(C#N)C(C)(C)C(C)=O. The number of ether oxygens (including phenoxy) is 1. The molecule has 0 fully saturated rings. The molecule has 1 atom stereocenters. The van der Waals surface area contributed by atoms with Gasteiger partial charge in [-0.15, -0.1) is 0 Å². The zero-order valence-corrected chi connectivity index (χ0v) is 8.96. The van der Waals surface area contributed by atoms with Crippen molar-refractivity contribution in [1.82, 2.24) is 0 Å². The van der Waals surface area contributed by atoms with Crippen LogP contribution in [0.1, 0.15) is 27.7 Å². The molecule has 14 heavy (non-hydrogen) atoms. The highest BCUT2D eigenvalue weighted by Crippen LogP contribution is 2.28. The van der Waals surface area contributed by atoms with Gasteiger partial charge in [-0.3, -0.25) is 9.59 Å². The summed E-state index contributed by atoms with van der Waals surface area (Å²) in [5.41, 5.74) is -0.985. The molecular formula is C10H15NO3. The molecule has 0 spiro atoms. The minimum absolute atomic E-state index is 0.197. The van der Waals surface area contributed by atoms with Gasteiger partial charge >= 0.3 is 5.97 Å². The van der Waals surface area contributed by atoms with Crippen LogP contribution in [0.2, 0.25) is 0 Å². The molecular weight excluding hydrogens is 182 g/mol. The third kappa shape index (κ3) is 2.56. The molecule has 0 saturated carbocycles. The average molecular weight is 197 g/mol. The molecule has 0 radical (unpaired) electrons. The lowest BCUT2D eigenvalue weighted by molar-refractivity contribution is -0.152. The highest BCUT2D eigenvalue weighted by atomic mass is 16.5. The first-order chi connectivity index (χ1) is 6.37. The Balaban J connectivity index is 4.83. The highest BCUT2D eigenvalue weighted by molar-refractivity contribution is 5.89. The van der Waals surface area contributed by atoms with E-state index < -0.39 is 17.3 Å². The molecule has 1 unspecified atom stereocenters. The molecule has 4 nitrogen and oxygen atoms in total. The number of nitrogens with zero attached hydrogens (tertiary/aromatic N) is 1. The van der Waals surface area contributed by atoms with Crippen LogP contribution >= 0.6 is 0 Å². The van der Waals surface area contributed by atoms with Gasteiger partial charge in [0.1, 0.15) is 5.78 Å². The Morgan fingerprint density at radius 1 is 1.50 bits per heavy atom. The van der Waals surface area contributed by atoms with Crippen molar-refractivity contribution in [1.29, 1.82) is 5.26 Å². The Hall–Kier alpha value is -1.37. The van der Waals surface area contributed by atoms with Gasteiger partial charge in [0.2, 0.25) is 0 Å². The fourth-order valence-electron chi connectivity index (χ4n) is 0.938. The molecule has 0 aromatic carbocycles. The Bertz CT molecular complexity index is 276. The lowest BCUT2D eigenvalue weighted by Gasteiger charge is -2.24. The van der Waals surface area contributed by atoms with Crippen LogP contribution in [-0.2, 0) is 14.3 Å². The van der Waals surface area contributed by atoms with E-state index in [1.165, 1.54) is 6.92 Å². The zero-order chi connectivity index (χ0) is 11.4. The van der Waals surface area contributed by atoms with Gasteiger partial charge in [0.05, 0.1) is 12.7 Å². The maximum Gasteiger partial charge on any atom is 0.324 e. The Morgan fingerprint density at radius 3 is 2.29 bits per heavy atom. The van der Waals surface area contributed by atoms with Gasteiger partial charge in [-0.1, -0.05) is 13.8 Å². The number of ketones is 1. The molecule has 0 N–H and O–H groups in total. The summed E-state index contributed by atoms with van der Waals surface area (Å²) in [5, 5.41) is 8.80. The summed E-state index contributed by atoms with van der Waals surface area (Å²) in [4.78, 5) is 22.5. The van der Waals surface area contributed by atoms with Crippen molar-refractivity contribution >= 4 is 11.8 Å². The smallest absolute Gasteiger partial charge is 0.324 e. The minimum Gasteiger partial charge on any atom is -0.465 e. The van der Waals surface area contributed by atoms with Crippen LogP contribution in [-0.4, -0.2) is 18.4 Å². The molecule has 4 heteroatoms. The average Bonchev–Trinajstić information content (AvgIpc) is 2.04. The Labute approximate surface area is 83.9 Å². The summed E-state index contributed by atoms with van der Waals surface area (Å²) in [7, 11) is 0. The summed E-state index contributed by atoms with van der Waals surface area (Å²) >= 11 is 0. The number of carbonyl (C=O) groups excluding carboxylic acids is 2. The number of hydrogen-bond donors (Lipinski definition) is 0. The second-order valence-corrected chi connectivity index (χ2v) is 3.59. The molecule has 0 aliphatic heterocycles. The van der Waals surface area contributed by atoms with E-state index in [1.54, 1.807) is 20.8 Å². The summed E-state index contributed by atoms with van der Waals surface area (Å²) in [5.74, 6) is -1.85. The maximum atomic E-state index is 11.3. The van der Waals surface area contributed by atoms with Gasteiger partial charge in [-0.2, -0.15) is 5.26 Å². The number of esters is 1. The first kappa shape index (κ1) is 12.6. The lowest BCUT2D eigenvalue weighted by Crippen LogP contribution is -2.36. The van der Waals surface area contributed by atoms with E-state index in [0.717, 1.165) is 0 Å². The third-order valence-corrected chi connectivity index (χ3v) is 2.28. The van der Waals surface area contributed by atoms with Crippen LogP contribution in [0.3, 0.4) is 0 Å². The number of nitriles is 1. The van der Waals surface area contributed by atoms with Gasteiger partial charge in [-0.05, 0) is 13.8 Å².